The second kappa shape index (κ2) is 5.31. The summed E-state index contributed by atoms with van der Waals surface area (Å²) in [6.07, 6.45) is 8.68. The number of hydrogen-bond donors (Lipinski definition) is 1. The molecule has 1 unspecified atom stereocenters. The van der Waals surface area contributed by atoms with Crippen molar-refractivity contribution in [3.8, 4) is 0 Å². The van der Waals surface area contributed by atoms with Crippen molar-refractivity contribution in [3.05, 3.63) is 0 Å². The molecule has 2 aliphatic rings. The molecule has 2 nitrogen and oxygen atoms in total. The van der Waals surface area contributed by atoms with Crippen LogP contribution in [0.15, 0.2) is 0 Å². The SMILES string of the molecule is CN(C)C(C1CCCC1)C1CCNCC1. The maximum Gasteiger partial charge on any atom is 0.0147 e. The summed E-state index contributed by atoms with van der Waals surface area (Å²) in [6, 6.07) is 0.856. The van der Waals surface area contributed by atoms with Crippen LogP contribution >= 0.6 is 0 Å². The summed E-state index contributed by atoms with van der Waals surface area (Å²) in [7, 11) is 4.57. The first-order valence-corrected chi connectivity index (χ1v) is 6.66. The highest BCUT2D eigenvalue weighted by molar-refractivity contribution is 4.88. The van der Waals surface area contributed by atoms with Crippen LogP contribution in [0.1, 0.15) is 38.5 Å². The zero-order valence-corrected chi connectivity index (χ0v) is 10.3. The molecule has 0 aromatic rings. The normalized spacial score (nSPS) is 27.4. The van der Waals surface area contributed by atoms with E-state index in [2.05, 4.69) is 24.3 Å². The molecule has 1 aliphatic carbocycles. The van der Waals surface area contributed by atoms with Crippen LogP contribution in [0.4, 0.5) is 0 Å². The first-order chi connectivity index (χ1) is 7.29. The largest absolute Gasteiger partial charge is 0.317 e. The van der Waals surface area contributed by atoms with E-state index in [1.165, 1.54) is 51.6 Å². The molecule has 0 aromatic carbocycles. The fourth-order valence-corrected chi connectivity index (χ4v) is 3.71. The minimum absolute atomic E-state index is 0.856. The third-order valence-electron chi connectivity index (χ3n) is 4.35. The predicted octanol–water partition coefficient (Wildman–Crippen LogP) is 2.11. The molecule has 0 bridgehead atoms. The molecule has 0 spiro atoms. The smallest absolute Gasteiger partial charge is 0.0147 e. The van der Waals surface area contributed by atoms with Gasteiger partial charge in [0.2, 0.25) is 0 Å². The maximum absolute atomic E-state index is 3.48. The summed E-state index contributed by atoms with van der Waals surface area (Å²) in [5.74, 6) is 1.94. The van der Waals surface area contributed by atoms with Gasteiger partial charge in [-0.2, -0.15) is 0 Å². The van der Waals surface area contributed by atoms with E-state index in [0.717, 1.165) is 17.9 Å². The number of piperidine rings is 1. The van der Waals surface area contributed by atoms with Gasteiger partial charge in [-0.1, -0.05) is 12.8 Å². The van der Waals surface area contributed by atoms with Crippen molar-refractivity contribution in [1.29, 1.82) is 0 Å². The first kappa shape index (κ1) is 11.4. The fourth-order valence-electron chi connectivity index (χ4n) is 3.71. The summed E-state index contributed by atoms with van der Waals surface area (Å²) < 4.78 is 0. The van der Waals surface area contributed by atoms with Crippen molar-refractivity contribution < 1.29 is 0 Å². The minimum atomic E-state index is 0.856. The summed E-state index contributed by atoms with van der Waals surface area (Å²) >= 11 is 0. The van der Waals surface area contributed by atoms with Crippen LogP contribution < -0.4 is 5.32 Å². The highest BCUT2D eigenvalue weighted by atomic mass is 15.1. The van der Waals surface area contributed by atoms with Crippen molar-refractivity contribution in [2.45, 2.75) is 44.6 Å². The zero-order valence-electron chi connectivity index (χ0n) is 10.3. The highest BCUT2D eigenvalue weighted by Crippen LogP contribution is 2.35. The van der Waals surface area contributed by atoms with Crippen molar-refractivity contribution in [3.63, 3.8) is 0 Å². The molecule has 0 radical (unpaired) electrons. The minimum Gasteiger partial charge on any atom is -0.317 e. The molecule has 1 N–H and O–H groups in total. The van der Waals surface area contributed by atoms with Crippen molar-refractivity contribution in [2.24, 2.45) is 11.8 Å². The molecule has 1 aliphatic heterocycles. The van der Waals surface area contributed by atoms with Gasteiger partial charge in [-0.15, -0.1) is 0 Å². The Morgan fingerprint density at radius 3 is 2.00 bits per heavy atom. The van der Waals surface area contributed by atoms with Crippen LogP contribution in [0, 0.1) is 11.8 Å². The molecule has 2 heteroatoms. The van der Waals surface area contributed by atoms with Gasteiger partial charge in [-0.05, 0) is 64.7 Å². The molecule has 1 saturated heterocycles. The van der Waals surface area contributed by atoms with E-state index in [9.17, 15) is 0 Å². The first-order valence-electron chi connectivity index (χ1n) is 6.66. The third-order valence-corrected chi connectivity index (χ3v) is 4.35. The Labute approximate surface area is 94.4 Å². The zero-order chi connectivity index (χ0) is 10.7. The average Bonchev–Trinajstić information content (AvgIpc) is 2.72. The van der Waals surface area contributed by atoms with Gasteiger partial charge in [0.05, 0.1) is 0 Å². The Balaban J connectivity index is 1.97. The number of nitrogens with one attached hydrogen (secondary N) is 1. The second-order valence-corrected chi connectivity index (χ2v) is 5.59. The lowest BCUT2D eigenvalue weighted by atomic mass is 9.81. The van der Waals surface area contributed by atoms with Crippen LogP contribution in [0.5, 0.6) is 0 Å². The van der Waals surface area contributed by atoms with Crippen molar-refractivity contribution >= 4 is 0 Å². The van der Waals surface area contributed by atoms with E-state index in [4.69, 9.17) is 0 Å². The summed E-state index contributed by atoms with van der Waals surface area (Å²) in [5.41, 5.74) is 0. The molecule has 2 rings (SSSR count). The van der Waals surface area contributed by atoms with E-state index in [1.807, 2.05) is 0 Å². The lowest BCUT2D eigenvalue weighted by Gasteiger charge is -2.39. The lowest BCUT2D eigenvalue weighted by Crippen LogP contribution is -2.44. The summed E-state index contributed by atoms with van der Waals surface area (Å²) in [5, 5.41) is 3.48. The van der Waals surface area contributed by atoms with Crippen LogP contribution in [-0.2, 0) is 0 Å². The van der Waals surface area contributed by atoms with Gasteiger partial charge in [-0.3, -0.25) is 0 Å². The molecule has 88 valence electrons. The Morgan fingerprint density at radius 1 is 0.933 bits per heavy atom. The standard InChI is InChI=1S/C13H26N2/c1-15(2)13(11-5-3-4-6-11)12-7-9-14-10-8-12/h11-14H,3-10H2,1-2H3. The molecule has 1 atom stereocenters. The summed E-state index contributed by atoms with van der Waals surface area (Å²) in [6.45, 7) is 2.48. The Kier molecular flexibility index (Phi) is 4.04. The number of hydrogen-bond acceptors (Lipinski definition) is 2. The van der Waals surface area contributed by atoms with Gasteiger partial charge in [0.15, 0.2) is 0 Å². The van der Waals surface area contributed by atoms with Gasteiger partial charge < -0.3 is 10.2 Å². The predicted molar refractivity (Wildman–Crippen MR) is 65.0 cm³/mol. The molecular weight excluding hydrogens is 184 g/mol. The topological polar surface area (TPSA) is 15.3 Å². The fraction of sp³-hybridized carbons (Fsp3) is 1.00. The molecule has 1 heterocycles. The maximum atomic E-state index is 3.48. The van der Waals surface area contributed by atoms with Gasteiger partial charge >= 0.3 is 0 Å². The van der Waals surface area contributed by atoms with Crippen LogP contribution in [-0.4, -0.2) is 38.1 Å². The Morgan fingerprint density at radius 2 is 1.47 bits per heavy atom. The number of nitrogens with zero attached hydrogens (tertiary/aromatic N) is 1. The molecular formula is C13H26N2. The second-order valence-electron chi connectivity index (χ2n) is 5.59. The van der Waals surface area contributed by atoms with Crippen molar-refractivity contribution in [2.75, 3.05) is 27.2 Å². The molecule has 15 heavy (non-hydrogen) atoms. The molecule has 0 amide bonds. The monoisotopic (exact) mass is 210 g/mol. The third kappa shape index (κ3) is 2.73. The lowest BCUT2D eigenvalue weighted by molar-refractivity contribution is 0.119. The van der Waals surface area contributed by atoms with Gasteiger partial charge in [0.1, 0.15) is 0 Å². The summed E-state index contributed by atoms with van der Waals surface area (Å²) in [4.78, 5) is 2.51. The van der Waals surface area contributed by atoms with E-state index in [1.54, 1.807) is 0 Å². The van der Waals surface area contributed by atoms with Gasteiger partial charge in [0.25, 0.3) is 0 Å². The number of rotatable bonds is 3. The van der Waals surface area contributed by atoms with Crippen LogP contribution in [0.25, 0.3) is 0 Å². The van der Waals surface area contributed by atoms with Crippen LogP contribution in [0.2, 0.25) is 0 Å². The molecule has 2 fully saturated rings. The molecule has 0 aromatic heterocycles. The highest BCUT2D eigenvalue weighted by Gasteiger charge is 2.33. The quantitative estimate of drug-likeness (QED) is 0.767. The van der Waals surface area contributed by atoms with E-state index in [-0.39, 0.29) is 0 Å². The van der Waals surface area contributed by atoms with E-state index < -0.39 is 0 Å². The van der Waals surface area contributed by atoms with Gasteiger partial charge in [-0.25, -0.2) is 0 Å². The van der Waals surface area contributed by atoms with Gasteiger partial charge in [0, 0.05) is 6.04 Å². The van der Waals surface area contributed by atoms with Crippen LogP contribution in [0.3, 0.4) is 0 Å². The Hall–Kier alpha value is -0.0800. The molecule has 1 saturated carbocycles. The Bertz CT molecular complexity index is 179. The van der Waals surface area contributed by atoms with E-state index in [0.29, 0.717) is 0 Å². The van der Waals surface area contributed by atoms with E-state index >= 15 is 0 Å². The average molecular weight is 210 g/mol. The van der Waals surface area contributed by atoms with Crippen molar-refractivity contribution in [1.82, 2.24) is 10.2 Å².